The molecule has 12 heteroatoms. The van der Waals surface area contributed by atoms with Crippen molar-refractivity contribution in [1.29, 1.82) is 0 Å². The van der Waals surface area contributed by atoms with Crippen LogP contribution in [0, 0.1) is 0 Å². The van der Waals surface area contributed by atoms with Gasteiger partial charge in [-0.05, 0) is 19.9 Å². The molecule has 2 heterocycles. The Morgan fingerprint density at radius 3 is 2.50 bits per heavy atom. The molecule has 0 saturated carbocycles. The first-order valence-electron chi connectivity index (χ1n) is 8.15. The second kappa shape index (κ2) is 8.57. The van der Waals surface area contributed by atoms with Crippen LogP contribution < -0.4 is 11.4 Å². The first-order chi connectivity index (χ1) is 12.2. The molecule has 1 aromatic rings. The van der Waals surface area contributed by atoms with Crippen molar-refractivity contribution in [1.82, 2.24) is 9.55 Å². The minimum absolute atomic E-state index is 0.00904. The molecule has 0 aromatic carbocycles. The van der Waals surface area contributed by atoms with Crippen molar-refractivity contribution < 1.29 is 33.7 Å². The number of nitrogens with zero attached hydrogens (tertiary/aromatic N) is 2. The van der Waals surface area contributed by atoms with E-state index in [1.54, 1.807) is 13.8 Å². The van der Waals surface area contributed by atoms with Crippen molar-refractivity contribution in [2.45, 2.75) is 44.5 Å². The summed E-state index contributed by atoms with van der Waals surface area (Å²) in [7, 11) is -3.60. The van der Waals surface area contributed by atoms with E-state index in [0.717, 1.165) is 4.57 Å². The van der Waals surface area contributed by atoms with Gasteiger partial charge >= 0.3 is 13.3 Å². The average Bonchev–Trinajstić information content (AvgIpc) is 2.84. The van der Waals surface area contributed by atoms with Crippen LogP contribution in [0.3, 0.4) is 0 Å². The van der Waals surface area contributed by atoms with Crippen molar-refractivity contribution in [2.24, 2.45) is 0 Å². The third kappa shape index (κ3) is 4.49. The largest absolute Gasteiger partial charge is 0.390 e. The number of nitrogens with two attached hydrogens (primary N) is 1. The maximum absolute atomic E-state index is 12.5. The molecule has 0 bridgehead atoms. The lowest BCUT2D eigenvalue weighted by Gasteiger charge is -2.25. The zero-order valence-corrected chi connectivity index (χ0v) is 15.4. The van der Waals surface area contributed by atoms with E-state index < -0.39 is 50.1 Å². The number of ether oxygens (including phenoxy) is 1. The molecule has 11 nitrogen and oxygen atoms in total. The second-order valence-corrected chi connectivity index (χ2v) is 7.81. The number of rotatable bonds is 8. The number of anilines is 1. The lowest BCUT2D eigenvalue weighted by atomic mass is 10.1. The maximum Gasteiger partial charge on any atom is 0.351 e. The highest BCUT2D eigenvalue weighted by Crippen LogP contribution is 2.49. The van der Waals surface area contributed by atoms with Crippen LogP contribution in [0.2, 0.25) is 0 Å². The Morgan fingerprint density at radius 2 is 1.96 bits per heavy atom. The molecule has 0 spiro atoms. The average molecular weight is 393 g/mol. The molecule has 1 fully saturated rings. The van der Waals surface area contributed by atoms with E-state index >= 15 is 0 Å². The molecule has 0 amide bonds. The van der Waals surface area contributed by atoms with Gasteiger partial charge in [0.1, 0.15) is 24.1 Å². The van der Waals surface area contributed by atoms with E-state index in [1.165, 1.54) is 12.3 Å². The molecule has 1 aromatic heterocycles. The number of hydrogen-bond acceptors (Lipinski definition) is 10. The Hall–Kier alpha value is -1.33. The maximum atomic E-state index is 12.5. The van der Waals surface area contributed by atoms with E-state index in [9.17, 15) is 24.7 Å². The minimum Gasteiger partial charge on any atom is -0.390 e. The van der Waals surface area contributed by atoms with E-state index in [0.29, 0.717) is 0 Å². The molecule has 0 radical (unpaired) electrons. The third-order valence-corrected chi connectivity index (χ3v) is 5.97. The van der Waals surface area contributed by atoms with Gasteiger partial charge in [-0.2, -0.15) is 4.98 Å². The molecule has 5 N–H and O–H groups in total. The first kappa shape index (κ1) is 21.0. The molecule has 1 aliphatic rings. The Bertz CT molecular complexity index is 704. The Balaban J connectivity index is 2.18. The monoisotopic (exact) mass is 393 g/mol. The molecule has 1 aliphatic heterocycles. The fraction of sp³-hybridized carbons (Fsp3) is 0.714. The number of hydrogen-bond donors (Lipinski definition) is 4. The quantitative estimate of drug-likeness (QED) is 0.405. The lowest BCUT2D eigenvalue weighted by molar-refractivity contribution is -0.0805. The van der Waals surface area contributed by atoms with E-state index in [2.05, 4.69) is 4.98 Å². The topological polar surface area (TPSA) is 166 Å². The van der Waals surface area contributed by atoms with Crippen molar-refractivity contribution >= 4 is 13.4 Å². The van der Waals surface area contributed by atoms with Crippen LogP contribution in [0.5, 0.6) is 0 Å². The standard InChI is InChI=1S/C14H24N3O8P/c1-3-23-26(22,24-4-2)7-8(18)12-10(19)11(20)13(25-12)17-6-5-9(15)16-14(17)21/h5-6,8,10-13,18-20H,3-4,7H2,1-2H3,(H2,15,16,21)/t8-,10+,11-,12-,13-/m1/s1. The summed E-state index contributed by atoms with van der Waals surface area (Å²) in [6, 6.07) is 1.33. The van der Waals surface area contributed by atoms with Crippen LogP contribution in [0.15, 0.2) is 17.1 Å². The fourth-order valence-electron chi connectivity index (χ4n) is 2.72. The number of aliphatic hydroxyl groups excluding tert-OH is 3. The molecule has 26 heavy (non-hydrogen) atoms. The van der Waals surface area contributed by atoms with Crippen LogP contribution >= 0.6 is 7.60 Å². The summed E-state index contributed by atoms with van der Waals surface area (Å²) in [6.07, 6.45) is -6.30. The summed E-state index contributed by atoms with van der Waals surface area (Å²) >= 11 is 0. The van der Waals surface area contributed by atoms with Gasteiger partial charge in [0.05, 0.1) is 25.5 Å². The number of nitrogen functional groups attached to an aromatic ring is 1. The fourth-order valence-corrected chi connectivity index (χ4v) is 4.46. The van der Waals surface area contributed by atoms with Gasteiger partial charge in [-0.3, -0.25) is 9.13 Å². The van der Waals surface area contributed by atoms with Crippen LogP contribution in [-0.2, 0) is 18.3 Å². The van der Waals surface area contributed by atoms with Gasteiger partial charge in [-0.25, -0.2) is 4.79 Å². The first-order valence-corrected chi connectivity index (χ1v) is 9.87. The van der Waals surface area contributed by atoms with Gasteiger partial charge in [0.2, 0.25) is 0 Å². The second-order valence-electron chi connectivity index (χ2n) is 5.71. The normalized spacial score (nSPS) is 27.6. The molecular weight excluding hydrogens is 369 g/mol. The summed E-state index contributed by atoms with van der Waals surface area (Å²) in [4.78, 5) is 15.4. The summed E-state index contributed by atoms with van der Waals surface area (Å²) in [5.74, 6) is -0.00904. The SMILES string of the molecule is CCOP(=O)(C[C@@H](O)[C@H]1O[C@@H](n2ccc(N)nc2=O)[C@H](O)[C@@H]1O)OCC. The summed E-state index contributed by atoms with van der Waals surface area (Å²) in [5.41, 5.74) is 4.63. The minimum atomic E-state index is -3.60. The number of aliphatic hydroxyl groups is 3. The van der Waals surface area contributed by atoms with Gasteiger partial charge in [0.25, 0.3) is 0 Å². The van der Waals surface area contributed by atoms with Crippen LogP contribution in [-0.4, -0.2) is 68.7 Å². The van der Waals surface area contributed by atoms with E-state index in [1.807, 2.05) is 0 Å². The van der Waals surface area contributed by atoms with E-state index in [4.69, 9.17) is 19.5 Å². The predicted molar refractivity (Wildman–Crippen MR) is 90.6 cm³/mol. The lowest BCUT2D eigenvalue weighted by Crippen LogP contribution is -2.40. The highest BCUT2D eigenvalue weighted by atomic mass is 31.2. The van der Waals surface area contributed by atoms with Crippen molar-refractivity contribution in [3.63, 3.8) is 0 Å². The Morgan fingerprint density at radius 1 is 1.35 bits per heavy atom. The zero-order valence-electron chi connectivity index (χ0n) is 14.5. The van der Waals surface area contributed by atoms with Gasteiger partial charge in [0.15, 0.2) is 6.23 Å². The molecule has 2 rings (SSSR count). The highest BCUT2D eigenvalue weighted by molar-refractivity contribution is 7.53. The van der Waals surface area contributed by atoms with Crippen molar-refractivity contribution in [3.8, 4) is 0 Å². The van der Waals surface area contributed by atoms with Crippen LogP contribution in [0.4, 0.5) is 5.82 Å². The molecule has 0 unspecified atom stereocenters. The molecule has 5 atom stereocenters. The molecule has 148 valence electrons. The van der Waals surface area contributed by atoms with Gasteiger partial charge in [0, 0.05) is 6.20 Å². The van der Waals surface area contributed by atoms with Gasteiger partial charge < -0.3 is 34.8 Å². The third-order valence-electron chi connectivity index (χ3n) is 3.84. The summed E-state index contributed by atoms with van der Waals surface area (Å²) in [5, 5.41) is 30.7. The number of aromatic nitrogens is 2. The summed E-state index contributed by atoms with van der Waals surface area (Å²) in [6.45, 7) is 3.46. The molecular formula is C14H24N3O8P. The van der Waals surface area contributed by atoms with E-state index in [-0.39, 0.29) is 19.0 Å². The predicted octanol–water partition coefficient (Wildman–Crippen LogP) is -0.928. The Kier molecular flexibility index (Phi) is 6.92. The van der Waals surface area contributed by atoms with Crippen LogP contribution in [0.1, 0.15) is 20.1 Å². The van der Waals surface area contributed by atoms with Crippen molar-refractivity contribution in [3.05, 3.63) is 22.7 Å². The highest BCUT2D eigenvalue weighted by Gasteiger charge is 2.48. The van der Waals surface area contributed by atoms with Crippen molar-refractivity contribution in [2.75, 3.05) is 25.1 Å². The Labute approximate surface area is 149 Å². The molecule has 0 aliphatic carbocycles. The van der Waals surface area contributed by atoms with Crippen LogP contribution in [0.25, 0.3) is 0 Å². The van der Waals surface area contributed by atoms with Gasteiger partial charge in [-0.15, -0.1) is 0 Å². The zero-order chi connectivity index (χ0) is 19.5. The molecule has 1 saturated heterocycles. The van der Waals surface area contributed by atoms with Gasteiger partial charge in [-0.1, -0.05) is 0 Å². The summed E-state index contributed by atoms with van der Waals surface area (Å²) < 4.78 is 29.1. The smallest absolute Gasteiger partial charge is 0.351 e.